The fourth-order valence-corrected chi connectivity index (χ4v) is 2.87. The van der Waals surface area contributed by atoms with Crippen LogP contribution < -0.4 is 10.2 Å². The third kappa shape index (κ3) is 2.79. The topological polar surface area (TPSA) is 15.3 Å². The largest absolute Gasteiger partial charge is 0.383 e. The summed E-state index contributed by atoms with van der Waals surface area (Å²) >= 11 is 0. The summed E-state index contributed by atoms with van der Waals surface area (Å²) in [5, 5.41) is 3.57. The molecule has 0 aromatic heterocycles. The Morgan fingerprint density at radius 1 is 1.05 bits per heavy atom. The van der Waals surface area contributed by atoms with E-state index in [1.54, 1.807) is 0 Å². The zero-order valence-electron chi connectivity index (χ0n) is 12.1. The van der Waals surface area contributed by atoms with E-state index in [0.717, 1.165) is 19.5 Å². The number of benzene rings is 2. The van der Waals surface area contributed by atoms with E-state index in [9.17, 15) is 0 Å². The summed E-state index contributed by atoms with van der Waals surface area (Å²) in [6, 6.07) is 17.4. The van der Waals surface area contributed by atoms with Gasteiger partial charge in [-0.15, -0.1) is 0 Å². The summed E-state index contributed by atoms with van der Waals surface area (Å²) in [6.07, 6.45) is 3.52. The first-order valence-corrected chi connectivity index (χ1v) is 7.45. The van der Waals surface area contributed by atoms with Crippen molar-refractivity contribution in [2.24, 2.45) is 0 Å². The molecule has 0 spiro atoms. The van der Waals surface area contributed by atoms with E-state index in [-0.39, 0.29) is 0 Å². The minimum absolute atomic E-state index is 1.04. The summed E-state index contributed by atoms with van der Waals surface area (Å²) in [5.41, 5.74) is 5.53. The van der Waals surface area contributed by atoms with Gasteiger partial charge in [0, 0.05) is 20.1 Å². The van der Waals surface area contributed by atoms with E-state index < -0.39 is 0 Å². The van der Waals surface area contributed by atoms with Crippen molar-refractivity contribution in [2.75, 3.05) is 30.4 Å². The third-order valence-corrected chi connectivity index (χ3v) is 4.04. The molecule has 2 aromatic rings. The van der Waals surface area contributed by atoms with Gasteiger partial charge < -0.3 is 10.2 Å². The normalized spacial score (nSPS) is 13.4. The standard InChI is InChI=1S/C18H22N2/c1-20(14-12-15-7-3-2-4-8-15)17-11-5-9-16-10-6-13-19-18(16)17/h2-5,7-9,11,19H,6,10,12-14H2,1H3. The minimum Gasteiger partial charge on any atom is -0.383 e. The zero-order chi connectivity index (χ0) is 13.8. The van der Waals surface area contributed by atoms with Gasteiger partial charge in [0.25, 0.3) is 0 Å². The van der Waals surface area contributed by atoms with Gasteiger partial charge in [0.1, 0.15) is 0 Å². The molecular weight excluding hydrogens is 244 g/mol. The van der Waals surface area contributed by atoms with E-state index in [4.69, 9.17) is 0 Å². The van der Waals surface area contributed by atoms with Crippen molar-refractivity contribution in [3.8, 4) is 0 Å². The van der Waals surface area contributed by atoms with Crippen molar-refractivity contribution >= 4 is 11.4 Å². The quantitative estimate of drug-likeness (QED) is 0.907. The lowest BCUT2D eigenvalue weighted by atomic mass is 10.0. The Kier molecular flexibility index (Phi) is 3.91. The number of anilines is 2. The van der Waals surface area contributed by atoms with Crippen LogP contribution in [-0.4, -0.2) is 20.1 Å². The second-order valence-corrected chi connectivity index (χ2v) is 5.50. The molecule has 1 aliphatic heterocycles. The van der Waals surface area contributed by atoms with Crippen molar-refractivity contribution in [3.05, 3.63) is 59.7 Å². The van der Waals surface area contributed by atoms with E-state index in [2.05, 4.69) is 65.8 Å². The van der Waals surface area contributed by atoms with Crippen LogP contribution in [0, 0.1) is 0 Å². The van der Waals surface area contributed by atoms with Crippen molar-refractivity contribution in [1.29, 1.82) is 0 Å². The lowest BCUT2D eigenvalue weighted by Crippen LogP contribution is -2.23. The molecule has 1 N–H and O–H groups in total. The summed E-state index contributed by atoms with van der Waals surface area (Å²) < 4.78 is 0. The molecule has 0 radical (unpaired) electrons. The van der Waals surface area contributed by atoms with Gasteiger partial charge in [0.15, 0.2) is 0 Å². The van der Waals surface area contributed by atoms with Gasteiger partial charge in [-0.1, -0.05) is 42.5 Å². The number of rotatable bonds is 4. The first kappa shape index (κ1) is 13.0. The van der Waals surface area contributed by atoms with Gasteiger partial charge in [0.05, 0.1) is 11.4 Å². The first-order chi connectivity index (χ1) is 9.84. The highest BCUT2D eigenvalue weighted by Gasteiger charge is 2.14. The number of nitrogens with zero attached hydrogens (tertiary/aromatic N) is 1. The second kappa shape index (κ2) is 6.00. The molecule has 1 aliphatic rings. The van der Waals surface area contributed by atoms with Gasteiger partial charge in [0.2, 0.25) is 0 Å². The summed E-state index contributed by atoms with van der Waals surface area (Å²) in [7, 11) is 2.19. The van der Waals surface area contributed by atoms with Gasteiger partial charge in [-0.25, -0.2) is 0 Å². The van der Waals surface area contributed by atoms with Crippen molar-refractivity contribution in [1.82, 2.24) is 0 Å². The molecule has 0 atom stereocenters. The SMILES string of the molecule is CN(CCc1ccccc1)c1cccc2c1NCCC2. The molecule has 2 aromatic carbocycles. The van der Waals surface area contributed by atoms with Crippen LogP contribution in [0.15, 0.2) is 48.5 Å². The van der Waals surface area contributed by atoms with E-state index in [0.29, 0.717) is 0 Å². The van der Waals surface area contributed by atoms with Crippen LogP contribution in [0.3, 0.4) is 0 Å². The summed E-state index contributed by atoms with van der Waals surface area (Å²) in [6.45, 7) is 2.14. The van der Waals surface area contributed by atoms with Crippen LogP contribution in [0.5, 0.6) is 0 Å². The number of hydrogen-bond donors (Lipinski definition) is 1. The first-order valence-electron chi connectivity index (χ1n) is 7.45. The van der Waals surface area contributed by atoms with E-state index >= 15 is 0 Å². The van der Waals surface area contributed by atoms with Crippen molar-refractivity contribution in [2.45, 2.75) is 19.3 Å². The highest BCUT2D eigenvalue weighted by molar-refractivity contribution is 5.74. The molecule has 0 saturated carbocycles. The molecule has 0 amide bonds. The Bertz CT molecular complexity index is 563. The smallest absolute Gasteiger partial charge is 0.0610 e. The van der Waals surface area contributed by atoms with Crippen LogP contribution in [0.25, 0.3) is 0 Å². The maximum atomic E-state index is 3.57. The number of likely N-dealkylation sites (N-methyl/N-ethyl adjacent to an activating group) is 1. The molecule has 2 heteroatoms. The van der Waals surface area contributed by atoms with Gasteiger partial charge in [-0.3, -0.25) is 0 Å². The maximum absolute atomic E-state index is 3.57. The molecule has 2 nitrogen and oxygen atoms in total. The Morgan fingerprint density at radius 3 is 2.75 bits per heavy atom. The number of para-hydroxylation sites is 1. The summed E-state index contributed by atoms with van der Waals surface area (Å²) in [5.74, 6) is 0. The predicted molar refractivity (Wildman–Crippen MR) is 86.7 cm³/mol. The zero-order valence-corrected chi connectivity index (χ0v) is 12.1. The van der Waals surface area contributed by atoms with Gasteiger partial charge in [-0.05, 0) is 36.5 Å². The van der Waals surface area contributed by atoms with Crippen LogP contribution >= 0.6 is 0 Å². The highest BCUT2D eigenvalue weighted by atomic mass is 15.1. The van der Waals surface area contributed by atoms with Crippen LogP contribution in [0.2, 0.25) is 0 Å². The number of nitrogens with one attached hydrogen (secondary N) is 1. The summed E-state index contributed by atoms with van der Waals surface area (Å²) in [4.78, 5) is 2.37. The fourth-order valence-electron chi connectivity index (χ4n) is 2.87. The molecule has 20 heavy (non-hydrogen) atoms. The highest BCUT2D eigenvalue weighted by Crippen LogP contribution is 2.32. The molecule has 0 aliphatic carbocycles. The number of aryl methyl sites for hydroxylation is 1. The molecule has 0 saturated heterocycles. The van der Waals surface area contributed by atoms with Crippen molar-refractivity contribution in [3.63, 3.8) is 0 Å². The predicted octanol–water partition coefficient (Wildman–Crippen LogP) is 3.72. The van der Waals surface area contributed by atoms with Crippen LogP contribution in [0.4, 0.5) is 11.4 Å². The number of fused-ring (bicyclic) bond motifs is 1. The third-order valence-electron chi connectivity index (χ3n) is 4.04. The van der Waals surface area contributed by atoms with Crippen LogP contribution in [0.1, 0.15) is 17.5 Å². The Balaban J connectivity index is 1.72. The van der Waals surface area contributed by atoms with E-state index in [1.165, 1.54) is 35.3 Å². The molecule has 104 valence electrons. The Morgan fingerprint density at radius 2 is 1.90 bits per heavy atom. The van der Waals surface area contributed by atoms with Crippen molar-refractivity contribution < 1.29 is 0 Å². The van der Waals surface area contributed by atoms with E-state index in [1.807, 2.05) is 0 Å². The minimum atomic E-state index is 1.04. The van der Waals surface area contributed by atoms with Crippen LogP contribution in [-0.2, 0) is 12.8 Å². The van der Waals surface area contributed by atoms with Gasteiger partial charge >= 0.3 is 0 Å². The fraction of sp³-hybridized carbons (Fsp3) is 0.333. The average molecular weight is 266 g/mol. The van der Waals surface area contributed by atoms with Gasteiger partial charge in [-0.2, -0.15) is 0 Å². The number of hydrogen-bond acceptors (Lipinski definition) is 2. The molecule has 1 heterocycles. The molecule has 0 bridgehead atoms. The Labute approximate surface area is 121 Å². The molecule has 0 unspecified atom stereocenters. The lowest BCUT2D eigenvalue weighted by Gasteiger charge is -2.27. The second-order valence-electron chi connectivity index (χ2n) is 5.50. The molecule has 3 rings (SSSR count). The average Bonchev–Trinajstić information content (AvgIpc) is 2.53. The monoisotopic (exact) mass is 266 g/mol. The molecular formula is C18H22N2. The lowest BCUT2D eigenvalue weighted by molar-refractivity contribution is 0.820. The Hall–Kier alpha value is -1.96. The molecule has 0 fully saturated rings. The maximum Gasteiger partial charge on any atom is 0.0610 e.